The first-order valence-corrected chi connectivity index (χ1v) is 7.65. The average molecular weight is 271 g/mol. The first-order chi connectivity index (χ1) is 9.36. The van der Waals surface area contributed by atoms with E-state index in [-0.39, 0.29) is 6.04 Å². The summed E-state index contributed by atoms with van der Waals surface area (Å²) in [6.07, 6.45) is 2.09. The van der Waals surface area contributed by atoms with Crippen molar-refractivity contribution in [3.05, 3.63) is 59.7 Å². The standard InChI is InChI=1S/C16H17NOS/c1-19-14-8-6-13(7-9-14)17-16-11-18-10-12-4-2-3-5-15(12)16/h2-9,16-17H,10-11H2,1H3. The molecule has 1 aliphatic heterocycles. The minimum Gasteiger partial charge on any atom is -0.376 e. The molecule has 19 heavy (non-hydrogen) atoms. The Bertz CT molecular complexity index is 553. The number of rotatable bonds is 3. The molecule has 0 fully saturated rings. The summed E-state index contributed by atoms with van der Waals surface area (Å²) in [5.74, 6) is 0. The smallest absolute Gasteiger partial charge is 0.0751 e. The molecule has 0 spiro atoms. The molecule has 0 bridgehead atoms. The molecule has 0 saturated carbocycles. The van der Waals surface area contributed by atoms with Gasteiger partial charge in [0.25, 0.3) is 0 Å². The SMILES string of the molecule is CSc1ccc(NC2COCc3ccccc32)cc1. The van der Waals surface area contributed by atoms with Crippen LogP contribution in [0.2, 0.25) is 0 Å². The van der Waals surface area contributed by atoms with Crippen molar-refractivity contribution >= 4 is 17.4 Å². The van der Waals surface area contributed by atoms with E-state index in [0.717, 1.165) is 18.9 Å². The maximum absolute atomic E-state index is 5.66. The van der Waals surface area contributed by atoms with Gasteiger partial charge in [0.1, 0.15) is 0 Å². The Morgan fingerprint density at radius 3 is 2.68 bits per heavy atom. The van der Waals surface area contributed by atoms with Crippen LogP contribution < -0.4 is 5.32 Å². The molecule has 1 unspecified atom stereocenters. The van der Waals surface area contributed by atoms with Gasteiger partial charge in [-0.15, -0.1) is 11.8 Å². The Morgan fingerprint density at radius 2 is 1.89 bits per heavy atom. The number of ether oxygens (including phenoxy) is 1. The van der Waals surface area contributed by atoms with Gasteiger partial charge in [0.15, 0.2) is 0 Å². The summed E-state index contributed by atoms with van der Waals surface area (Å²) in [6.45, 7) is 1.45. The van der Waals surface area contributed by atoms with Crippen molar-refractivity contribution in [2.75, 3.05) is 18.2 Å². The number of thioether (sulfide) groups is 1. The van der Waals surface area contributed by atoms with Gasteiger partial charge < -0.3 is 10.1 Å². The zero-order valence-electron chi connectivity index (χ0n) is 10.9. The maximum Gasteiger partial charge on any atom is 0.0751 e. The minimum atomic E-state index is 0.241. The molecule has 98 valence electrons. The van der Waals surface area contributed by atoms with Crippen LogP contribution in [0, 0.1) is 0 Å². The molecule has 0 saturated heterocycles. The number of anilines is 1. The second-order valence-corrected chi connectivity index (χ2v) is 5.52. The van der Waals surface area contributed by atoms with Crippen molar-refractivity contribution < 1.29 is 4.74 Å². The van der Waals surface area contributed by atoms with Crippen LogP contribution in [0.5, 0.6) is 0 Å². The molecule has 1 heterocycles. The van der Waals surface area contributed by atoms with Gasteiger partial charge in [0.2, 0.25) is 0 Å². The van der Waals surface area contributed by atoms with Crippen molar-refractivity contribution in [1.82, 2.24) is 0 Å². The first-order valence-electron chi connectivity index (χ1n) is 6.43. The highest BCUT2D eigenvalue weighted by Crippen LogP contribution is 2.28. The summed E-state index contributed by atoms with van der Waals surface area (Å²) < 4.78 is 5.66. The Labute approximate surface area is 118 Å². The van der Waals surface area contributed by atoms with E-state index in [4.69, 9.17) is 4.74 Å². The van der Waals surface area contributed by atoms with Crippen LogP contribution in [0.1, 0.15) is 17.2 Å². The monoisotopic (exact) mass is 271 g/mol. The lowest BCUT2D eigenvalue weighted by Gasteiger charge is -2.27. The van der Waals surface area contributed by atoms with E-state index in [0.29, 0.717) is 0 Å². The number of hydrogen-bond donors (Lipinski definition) is 1. The molecule has 3 heteroatoms. The minimum absolute atomic E-state index is 0.241. The van der Waals surface area contributed by atoms with Gasteiger partial charge in [-0.25, -0.2) is 0 Å². The summed E-state index contributed by atoms with van der Waals surface area (Å²) in [5, 5.41) is 3.55. The number of nitrogens with one attached hydrogen (secondary N) is 1. The number of benzene rings is 2. The van der Waals surface area contributed by atoms with Crippen molar-refractivity contribution in [3.8, 4) is 0 Å². The van der Waals surface area contributed by atoms with E-state index in [9.17, 15) is 0 Å². The normalized spacial score (nSPS) is 17.8. The van der Waals surface area contributed by atoms with Crippen LogP contribution >= 0.6 is 11.8 Å². The van der Waals surface area contributed by atoms with Gasteiger partial charge in [0.05, 0.1) is 19.3 Å². The van der Waals surface area contributed by atoms with E-state index < -0.39 is 0 Å². The summed E-state index contributed by atoms with van der Waals surface area (Å²) in [4.78, 5) is 1.28. The lowest BCUT2D eigenvalue weighted by Crippen LogP contribution is -2.23. The van der Waals surface area contributed by atoms with E-state index in [1.807, 2.05) is 0 Å². The molecule has 2 nitrogen and oxygen atoms in total. The molecule has 3 rings (SSSR count). The van der Waals surface area contributed by atoms with E-state index >= 15 is 0 Å². The van der Waals surface area contributed by atoms with Gasteiger partial charge in [-0.2, -0.15) is 0 Å². The number of hydrogen-bond acceptors (Lipinski definition) is 3. The van der Waals surface area contributed by atoms with E-state index in [2.05, 4.69) is 60.1 Å². The van der Waals surface area contributed by atoms with Gasteiger partial charge >= 0.3 is 0 Å². The summed E-state index contributed by atoms with van der Waals surface area (Å²) in [6, 6.07) is 17.3. The van der Waals surface area contributed by atoms with Gasteiger partial charge in [-0.05, 0) is 41.6 Å². The maximum atomic E-state index is 5.66. The van der Waals surface area contributed by atoms with Crippen molar-refractivity contribution in [3.63, 3.8) is 0 Å². The highest BCUT2D eigenvalue weighted by molar-refractivity contribution is 7.98. The molecule has 2 aromatic carbocycles. The van der Waals surface area contributed by atoms with Gasteiger partial charge in [0, 0.05) is 10.6 Å². The average Bonchev–Trinajstić information content (AvgIpc) is 2.48. The molecule has 0 radical (unpaired) electrons. The molecular weight excluding hydrogens is 254 g/mol. The zero-order chi connectivity index (χ0) is 13.1. The second-order valence-electron chi connectivity index (χ2n) is 4.64. The van der Waals surface area contributed by atoms with E-state index in [1.54, 1.807) is 11.8 Å². The topological polar surface area (TPSA) is 21.3 Å². The quantitative estimate of drug-likeness (QED) is 0.850. The molecule has 1 N–H and O–H groups in total. The highest BCUT2D eigenvalue weighted by atomic mass is 32.2. The molecule has 0 aromatic heterocycles. The molecule has 1 atom stereocenters. The van der Waals surface area contributed by atoms with Gasteiger partial charge in [-0.3, -0.25) is 0 Å². The predicted octanol–water partition coefficient (Wildman–Crippen LogP) is 4.09. The summed E-state index contributed by atoms with van der Waals surface area (Å²) in [7, 11) is 0. The fraction of sp³-hybridized carbons (Fsp3) is 0.250. The van der Waals surface area contributed by atoms with Crippen molar-refractivity contribution in [2.24, 2.45) is 0 Å². The van der Waals surface area contributed by atoms with Crippen LogP contribution in [-0.4, -0.2) is 12.9 Å². The molecule has 1 aliphatic rings. The second kappa shape index (κ2) is 5.68. The Kier molecular flexibility index (Phi) is 3.76. The Hall–Kier alpha value is -1.45. The number of fused-ring (bicyclic) bond motifs is 1. The summed E-state index contributed by atoms with van der Waals surface area (Å²) >= 11 is 1.76. The zero-order valence-corrected chi connectivity index (χ0v) is 11.7. The van der Waals surface area contributed by atoms with Crippen LogP contribution in [0.15, 0.2) is 53.4 Å². The molecular formula is C16H17NOS. The first kappa shape index (κ1) is 12.6. The Balaban J connectivity index is 1.80. The molecule has 0 amide bonds. The lowest BCUT2D eigenvalue weighted by atomic mass is 9.99. The van der Waals surface area contributed by atoms with Crippen LogP contribution in [-0.2, 0) is 11.3 Å². The lowest BCUT2D eigenvalue weighted by molar-refractivity contribution is 0.0970. The fourth-order valence-corrected chi connectivity index (χ4v) is 2.80. The molecule has 2 aromatic rings. The van der Waals surface area contributed by atoms with Crippen molar-refractivity contribution in [2.45, 2.75) is 17.5 Å². The fourth-order valence-electron chi connectivity index (χ4n) is 2.39. The van der Waals surface area contributed by atoms with Crippen LogP contribution in [0.25, 0.3) is 0 Å². The Morgan fingerprint density at radius 1 is 1.11 bits per heavy atom. The largest absolute Gasteiger partial charge is 0.376 e. The third kappa shape index (κ3) is 2.77. The predicted molar refractivity (Wildman–Crippen MR) is 80.7 cm³/mol. The molecule has 0 aliphatic carbocycles. The third-order valence-corrected chi connectivity index (χ3v) is 4.15. The van der Waals surface area contributed by atoms with Gasteiger partial charge in [-0.1, -0.05) is 24.3 Å². The van der Waals surface area contributed by atoms with Crippen molar-refractivity contribution in [1.29, 1.82) is 0 Å². The summed E-state index contributed by atoms with van der Waals surface area (Å²) in [5.41, 5.74) is 3.78. The third-order valence-electron chi connectivity index (χ3n) is 3.40. The van der Waals surface area contributed by atoms with E-state index in [1.165, 1.54) is 16.0 Å². The van der Waals surface area contributed by atoms with Crippen LogP contribution in [0.3, 0.4) is 0 Å². The van der Waals surface area contributed by atoms with Crippen LogP contribution in [0.4, 0.5) is 5.69 Å². The highest BCUT2D eigenvalue weighted by Gasteiger charge is 2.19.